The second-order valence-corrected chi connectivity index (χ2v) is 6.11. The molecule has 0 amide bonds. The van der Waals surface area contributed by atoms with Crippen LogP contribution in [0.3, 0.4) is 0 Å². The Kier molecular flexibility index (Phi) is 4.76. The second-order valence-electron chi connectivity index (χ2n) is 5.04. The van der Waals surface area contributed by atoms with E-state index in [4.69, 9.17) is 0 Å². The molecule has 1 aromatic heterocycles. The van der Waals surface area contributed by atoms with E-state index in [0.29, 0.717) is 23.7 Å². The summed E-state index contributed by atoms with van der Waals surface area (Å²) >= 11 is 1.37. The molecule has 2 aromatic carbocycles. The van der Waals surface area contributed by atoms with E-state index in [2.05, 4.69) is 15.5 Å². The molecule has 0 saturated carbocycles. The molecule has 0 aliphatic carbocycles. The Morgan fingerprint density at radius 2 is 1.88 bits per heavy atom. The molecule has 0 atom stereocenters. The summed E-state index contributed by atoms with van der Waals surface area (Å²) in [4.78, 5) is 10.6. The number of nitrogens with one attached hydrogen (secondary N) is 1. The van der Waals surface area contributed by atoms with Gasteiger partial charge in [0.2, 0.25) is 5.13 Å². The largest absolute Gasteiger partial charge is 0.356 e. The minimum absolute atomic E-state index is 0.0704. The molecule has 122 valence electrons. The maximum absolute atomic E-state index is 12.9. The lowest BCUT2D eigenvalue weighted by atomic mass is 10.2. The van der Waals surface area contributed by atoms with Gasteiger partial charge in [0.15, 0.2) is 0 Å². The zero-order valence-corrected chi connectivity index (χ0v) is 13.3. The first-order valence-electron chi connectivity index (χ1n) is 7.15. The summed E-state index contributed by atoms with van der Waals surface area (Å²) in [6, 6.07) is 12.8. The maximum Gasteiger partial charge on any atom is 0.274 e. The Hall–Kier alpha value is -2.87. The van der Waals surface area contributed by atoms with E-state index >= 15 is 0 Å². The Morgan fingerprint density at radius 1 is 1.12 bits per heavy atom. The van der Waals surface area contributed by atoms with E-state index in [9.17, 15) is 14.5 Å². The third-order valence-corrected chi connectivity index (χ3v) is 4.23. The van der Waals surface area contributed by atoms with Crippen LogP contribution in [0.15, 0.2) is 48.5 Å². The van der Waals surface area contributed by atoms with Crippen LogP contribution in [-0.2, 0) is 13.0 Å². The number of rotatable bonds is 6. The van der Waals surface area contributed by atoms with Gasteiger partial charge in [-0.25, -0.2) is 4.39 Å². The van der Waals surface area contributed by atoms with Crippen LogP contribution in [0.4, 0.5) is 15.2 Å². The standard InChI is InChI=1S/C16H13FN4O2S/c17-13-7-5-11(6-8-13)9-15-19-20-16(24-15)18-10-12-3-1-2-4-14(12)21(22)23/h1-8H,9-10H2,(H,18,20). The monoisotopic (exact) mass is 344 g/mol. The Balaban J connectivity index is 1.64. The number of nitro benzene ring substituents is 1. The van der Waals surface area contributed by atoms with Crippen LogP contribution >= 0.6 is 11.3 Å². The number of aromatic nitrogens is 2. The smallest absolute Gasteiger partial charge is 0.274 e. The molecule has 24 heavy (non-hydrogen) atoms. The van der Waals surface area contributed by atoms with Crippen molar-refractivity contribution in [1.82, 2.24) is 10.2 Å². The minimum Gasteiger partial charge on any atom is -0.356 e. The van der Waals surface area contributed by atoms with Gasteiger partial charge in [-0.05, 0) is 17.7 Å². The van der Waals surface area contributed by atoms with Crippen molar-refractivity contribution in [1.29, 1.82) is 0 Å². The molecular weight excluding hydrogens is 331 g/mol. The average Bonchev–Trinajstić information content (AvgIpc) is 3.03. The number of hydrogen-bond donors (Lipinski definition) is 1. The van der Waals surface area contributed by atoms with Crippen LogP contribution in [0, 0.1) is 15.9 Å². The van der Waals surface area contributed by atoms with Crippen molar-refractivity contribution >= 4 is 22.2 Å². The van der Waals surface area contributed by atoms with Gasteiger partial charge in [0.25, 0.3) is 5.69 Å². The summed E-state index contributed by atoms with van der Waals surface area (Å²) in [6.07, 6.45) is 0.561. The summed E-state index contributed by atoms with van der Waals surface area (Å²) in [6.45, 7) is 0.294. The molecular formula is C16H13FN4O2S. The van der Waals surface area contributed by atoms with Gasteiger partial charge in [0.1, 0.15) is 10.8 Å². The van der Waals surface area contributed by atoms with E-state index in [0.717, 1.165) is 10.6 Å². The van der Waals surface area contributed by atoms with Gasteiger partial charge in [-0.3, -0.25) is 10.1 Å². The van der Waals surface area contributed by atoms with E-state index in [1.165, 1.54) is 29.5 Å². The molecule has 3 aromatic rings. The second kappa shape index (κ2) is 7.14. The van der Waals surface area contributed by atoms with Crippen LogP contribution < -0.4 is 5.32 Å². The number of para-hydroxylation sites is 1. The number of anilines is 1. The lowest BCUT2D eigenvalue weighted by Crippen LogP contribution is -2.02. The van der Waals surface area contributed by atoms with Gasteiger partial charge in [-0.15, -0.1) is 10.2 Å². The van der Waals surface area contributed by atoms with Gasteiger partial charge < -0.3 is 5.32 Å². The first-order valence-corrected chi connectivity index (χ1v) is 7.96. The molecule has 1 N–H and O–H groups in total. The topological polar surface area (TPSA) is 81.0 Å². The zero-order valence-electron chi connectivity index (χ0n) is 12.5. The lowest BCUT2D eigenvalue weighted by molar-refractivity contribution is -0.385. The summed E-state index contributed by atoms with van der Waals surface area (Å²) < 4.78 is 12.9. The van der Waals surface area contributed by atoms with Crippen LogP contribution in [0.2, 0.25) is 0 Å². The Bertz CT molecular complexity index is 851. The fourth-order valence-corrected chi connectivity index (χ4v) is 2.95. The van der Waals surface area contributed by atoms with Crippen LogP contribution in [0.1, 0.15) is 16.1 Å². The van der Waals surface area contributed by atoms with Gasteiger partial charge in [0, 0.05) is 24.6 Å². The average molecular weight is 344 g/mol. The zero-order chi connectivity index (χ0) is 16.9. The van der Waals surface area contributed by atoms with E-state index < -0.39 is 4.92 Å². The third-order valence-electron chi connectivity index (χ3n) is 3.35. The first kappa shape index (κ1) is 16.0. The number of halogens is 1. The van der Waals surface area contributed by atoms with Crippen molar-refractivity contribution in [2.45, 2.75) is 13.0 Å². The Labute approximate surface area is 141 Å². The molecule has 0 aliphatic heterocycles. The molecule has 0 saturated heterocycles. The summed E-state index contributed by atoms with van der Waals surface area (Å²) in [5, 5.41) is 23.5. The molecule has 0 spiro atoms. The molecule has 0 fully saturated rings. The normalized spacial score (nSPS) is 10.5. The van der Waals surface area contributed by atoms with Crippen molar-refractivity contribution in [2.75, 3.05) is 5.32 Å². The minimum atomic E-state index is -0.406. The van der Waals surface area contributed by atoms with Gasteiger partial charge in [-0.2, -0.15) is 0 Å². The molecule has 1 heterocycles. The van der Waals surface area contributed by atoms with Crippen LogP contribution in [-0.4, -0.2) is 15.1 Å². The van der Waals surface area contributed by atoms with Gasteiger partial charge in [-0.1, -0.05) is 41.7 Å². The molecule has 0 unspecified atom stereocenters. The lowest BCUT2D eigenvalue weighted by Gasteiger charge is -2.03. The highest BCUT2D eigenvalue weighted by molar-refractivity contribution is 7.15. The predicted molar refractivity (Wildman–Crippen MR) is 89.5 cm³/mol. The highest BCUT2D eigenvalue weighted by atomic mass is 32.1. The summed E-state index contributed by atoms with van der Waals surface area (Å²) in [7, 11) is 0. The van der Waals surface area contributed by atoms with Gasteiger partial charge in [0.05, 0.1) is 4.92 Å². The number of nitro groups is 1. The van der Waals surface area contributed by atoms with E-state index in [1.54, 1.807) is 30.3 Å². The van der Waals surface area contributed by atoms with Crippen molar-refractivity contribution in [3.63, 3.8) is 0 Å². The fourth-order valence-electron chi connectivity index (χ4n) is 2.18. The number of benzene rings is 2. The SMILES string of the molecule is O=[N+]([O-])c1ccccc1CNc1nnc(Cc2ccc(F)cc2)s1. The van der Waals surface area contributed by atoms with Crippen molar-refractivity contribution in [3.05, 3.63) is 80.6 Å². The van der Waals surface area contributed by atoms with Crippen molar-refractivity contribution in [2.24, 2.45) is 0 Å². The third kappa shape index (κ3) is 3.90. The van der Waals surface area contributed by atoms with E-state index in [1.807, 2.05) is 0 Å². The highest BCUT2D eigenvalue weighted by Gasteiger charge is 2.13. The molecule has 6 nitrogen and oxygen atoms in total. The molecule has 0 radical (unpaired) electrons. The van der Waals surface area contributed by atoms with Crippen molar-refractivity contribution < 1.29 is 9.31 Å². The van der Waals surface area contributed by atoms with Crippen LogP contribution in [0.25, 0.3) is 0 Å². The molecule has 0 bridgehead atoms. The Morgan fingerprint density at radius 3 is 2.62 bits per heavy atom. The predicted octanol–water partition coefficient (Wildman–Crippen LogP) is 3.79. The fraction of sp³-hybridized carbons (Fsp3) is 0.125. The summed E-state index contributed by atoms with van der Waals surface area (Å²) in [5.74, 6) is -0.275. The highest BCUT2D eigenvalue weighted by Crippen LogP contribution is 2.22. The number of hydrogen-bond acceptors (Lipinski definition) is 6. The quantitative estimate of drug-likeness (QED) is 0.543. The van der Waals surface area contributed by atoms with Gasteiger partial charge >= 0.3 is 0 Å². The van der Waals surface area contributed by atoms with Crippen molar-refractivity contribution in [3.8, 4) is 0 Å². The first-order chi connectivity index (χ1) is 11.6. The molecule has 3 rings (SSSR count). The van der Waals surface area contributed by atoms with E-state index in [-0.39, 0.29) is 11.5 Å². The summed E-state index contributed by atoms with van der Waals surface area (Å²) in [5.41, 5.74) is 1.59. The molecule has 0 aliphatic rings. The van der Waals surface area contributed by atoms with Crippen LogP contribution in [0.5, 0.6) is 0 Å². The number of nitrogens with zero attached hydrogens (tertiary/aromatic N) is 3. The molecule has 8 heteroatoms. The maximum atomic E-state index is 12.9.